The van der Waals surface area contributed by atoms with Gasteiger partial charge in [-0.15, -0.1) is 0 Å². The second-order valence-electron chi connectivity index (χ2n) is 5.07. The third-order valence-electron chi connectivity index (χ3n) is 3.71. The van der Waals surface area contributed by atoms with E-state index in [0.717, 1.165) is 5.56 Å². The minimum atomic E-state index is -0.151. The number of hydrogen-bond donors (Lipinski definition) is 0. The maximum absolute atomic E-state index is 12.1. The van der Waals surface area contributed by atoms with E-state index < -0.39 is 0 Å². The van der Waals surface area contributed by atoms with E-state index in [1.807, 2.05) is 31.2 Å². The normalized spacial score (nSPS) is 18.5. The fourth-order valence-corrected chi connectivity index (χ4v) is 2.74. The lowest BCUT2D eigenvalue weighted by Gasteiger charge is -2.22. The summed E-state index contributed by atoms with van der Waals surface area (Å²) in [5.74, 6) is 1.28. The average Bonchev–Trinajstić information content (AvgIpc) is 3.09. The Morgan fingerprint density at radius 3 is 2.95 bits per heavy atom. The zero-order valence-electron chi connectivity index (χ0n) is 11.8. The van der Waals surface area contributed by atoms with E-state index in [1.165, 1.54) is 0 Å². The summed E-state index contributed by atoms with van der Waals surface area (Å²) in [4.78, 5) is 18.3. The second kappa shape index (κ2) is 5.85. The molecule has 110 valence electrons. The summed E-state index contributed by atoms with van der Waals surface area (Å²) in [6, 6.07) is 7.39. The summed E-state index contributed by atoms with van der Waals surface area (Å²) >= 11 is 6.18. The van der Waals surface area contributed by atoms with Crippen LogP contribution in [0.4, 0.5) is 0 Å². The first-order valence-electron chi connectivity index (χ1n) is 7.04. The van der Waals surface area contributed by atoms with Crippen LogP contribution in [0.5, 0.6) is 0 Å². The summed E-state index contributed by atoms with van der Waals surface area (Å²) in [5.41, 5.74) is 0.926. The van der Waals surface area contributed by atoms with Gasteiger partial charge in [-0.2, -0.15) is 4.98 Å². The average molecular weight is 306 g/mol. The Hall–Kier alpha value is -1.88. The van der Waals surface area contributed by atoms with Gasteiger partial charge in [0, 0.05) is 24.4 Å². The highest BCUT2D eigenvalue weighted by atomic mass is 35.5. The minimum absolute atomic E-state index is 0.0937. The van der Waals surface area contributed by atoms with Crippen LogP contribution >= 0.6 is 11.6 Å². The van der Waals surface area contributed by atoms with Crippen molar-refractivity contribution in [3.05, 3.63) is 46.6 Å². The van der Waals surface area contributed by atoms with Crippen LogP contribution in [0.25, 0.3) is 0 Å². The number of amides is 1. The van der Waals surface area contributed by atoms with Crippen LogP contribution in [0.15, 0.2) is 28.8 Å². The van der Waals surface area contributed by atoms with Crippen molar-refractivity contribution in [3.8, 4) is 0 Å². The fraction of sp³-hybridized carbons (Fsp3) is 0.400. The standard InChI is InChI=1S/C15H16ClN3O2/c1-2-13-17-15(21-18-13)12-7-8-14(20)19(12)9-10-5-3-4-6-11(10)16/h3-6,12H,2,7-9H2,1H3. The van der Waals surface area contributed by atoms with Gasteiger partial charge in [0.2, 0.25) is 11.8 Å². The number of likely N-dealkylation sites (tertiary alicyclic amines) is 1. The lowest BCUT2D eigenvalue weighted by atomic mass is 10.2. The van der Waals surface area contributed by atoms with Crippen molar-refractivity contribution in [1.29, 1.82) is 0 Å². The van der Waals surface area contributed by atoms with Gasteiger partial charge in [0.15, 0.2) is 5.82 Å². The Labute approximate surface area is 127 Å². The van der Waals surface area contributed by atoms with Crippen molar-refractivity contribution >= 4 is 17.5 Å². The Kier molecular flexibility index (Phi) is 3.92. The molecule has 3 rings (SSSR count). The SMILES string of the molecule is CCc1noc(C2CCC(=O)N2Cc2ccccc2Cl)n1. The van der Waals surface area contributed by atoms with Gasteiger partial charge in [-0.05, 0) is 18.1 Å². The third-order valence-corrected chi connectivity index (χ3v) is 4.08. The molecule has 6 heteroatoms. The van der Waals surface area contributed by atoms with Crippen LogP contribution in [-0.2, 0) is 17.8 Å². The number of nitrogens with zero attached hydrogens (tertiary/aromatic N) is 3. The number of aryl methyl sites for hydroxylation is 1. The van der Waals surface area contributed by atoms with E-state index in [-0.39, 0.29) is 11.9 Å². The van der Waals surface area contributed by atoms with Crippen molar-refractivity contribution in [3.63, 3.8) is 0 Å². The predicted octanol–water partition coefficient (Wildman–Crippen LogP) is 3.15. The Morgan fingerprint density at radius 2 is 2.24 bits per heavy atom. The number of carbonyl (C=O) groups excluding carboxylic acids is 1. The Morgan fingerprint density at radius 1 is 1.43 bits per heavy atom. The van der Waals surface area contributed by atoms with E-state index in [1.54, 1.807) is 4.90 Å². The smallest absolute Gasteiger partial charge is 0.249 e. The minimum Gasteiger partial charge on any atom is -0.337 e. The highest BCUT2D eigenvalue weighted by Gasteiger charge is 2.36. The van der Waals surface area contributed by atoms with Crippen molar-refractivity contribution < 1.29 is 9.32 Å². The molecule has 1 amide bonds. The summed E-state index contributed by atoms with van der Waals surface area (Å²) < 4.78 is 5.30. The maximum Gasteiger partial charge on any atom is 0.249 e. The quantitative estimate of drug-likeness (QED) is 0.870. The number of hydrogen-bond acceptors (Lipinski definition) is 4. The van der Waals surface area contributed by atoms with Crippen LogP contribution in [0, 0.1) is 0 Å². The van der Waals surface area contributed by atoms with Gasteiger partial charge in [-0.25, -0.2) is 0 Å². The van der Waals surface area contributed by atoms with E-state index in [2.05, 4.69) is 10.1 Å². The van der Waals surface area contributed by atoms with E-state index >= 15 is 0 Å². The third kappa shape index (κ3) is 2.78. The number of benzene rings is 1. The summed E-state index contributed by atoms with van der Waals surface area (Å²) in [7, 11) is 0. The van der Waals surface area contributed by atoms with Gasteiger partial charge >= 0.3 is 0 Å². The molecule has 1 aromatic heterocycles. The summed E-state index contributed by atoms with van der Waals surface area (Å²) in [6.07, 6.45) is 1.92. The van der Waals surface area contributed by atoms with Gasteiger partial charge in [0.1, 0.15) is 6.04 Å². The largest absolute Gasteiger partial charge is 0.337 e. The van der Waals surface area contributed by atoms with Crippen LogP contribution in [0.1, 0.15) is 43.1 Å². The first-order chi connectivity index (χ1) is 10.2. The van der Waals surface area contributed by atoms with Crippen LogP contribution in [0.3, 0.4) is 0 Å². The highest BCUT2D eigenvalue weighted by Crippen LogP contribution is 2.34. The number of halogens is 1. The van der Waals surface area contributed by atoms with Crippen LogP contribution in [-0.4, -0.2) is 20.9 Å². The summed E-state index contributed by atoms with van der Waals surface area (Å²) in [5, 5.41) is 4.58. The Balaban J connectivity index is 1.84. The Bertz CT molecular complexity index is 656. The molecule has 1 atom stereocenters. The predicted molar refractivity (Wildman–Crippen MR) is 77.7 cm³/mol. The van der Waals surface area contributed by atoms with Gasteiger partial charge < -0.3 is 9.42 Å². The molecule has 2 aromatic rings. The molecule has 5 nitrogen and oxygen atoms in total. The zero-order chi connectivity index (χ0) is 14.8. The number of carbonyl (C=O) groups is 1. The summed E-state index contributed by atoms with van der Waals surface area (Å²) in [6.45, 7) is 2.43. The van der Waals surface area contributed by atoms with Gasteiger partial charge in [-0.1, -0.05) is 41.9 Å². The maximum atomic E-state index is 12.1. The molecule has 1 unspecified atom stereocenters. The monoisotopic (exact) mass is 305 g/mol. The molecule has 0 radical (unpaired) electrons. The number of aromatic nitrogens is 2. The van der Waals surface area contributed by atoms with Crippen molar-refractivity contribution in [2.45, 2.75) is 38.8 Å². The molecular formula is C15H16ClN3O2. The van der Waals surface area contributed by atoms with E-state index in [9.17, 15) is 4.79 Å². The first kappa shape index (κ1) is 14.1. The molecule has 2 heterocycles. The lowest BCUT2D eigenvalue weighted by Crippen LogP contribution is -2.27. The van der Waals surface area contributed by atoms with Crippen LogP contribution < -0.4 is 0 Å². The molecule has 1 fully saturated rings. The van der Waals surface area contributed by atoms with Crippen molar-refractivity contribution in [1.82, 2.24) is 15.0 Å². The molecule has 1 aliphatic rings. The molecule has 1 aliphatic heterocycles. The number of rotatable bonds is 4. The van der Waals surface area contributed by atoms with Crippen LogP contribution in [0.2, 0.25) is 5.02 Å². The van der Waals surface area contributed by atoms with Crippen molar-refractivity contribution in [2.75, 3.05) is 0 Å². The second-order valence-corrected chi connectivity index (χ2v) is 5.48. The molecule has 0 spiro atoms. The highest BCUT2D eigenvalue weighted by molar-refractivity contribution is 6.31. The molecule has 0 N–H and O–H groups in total. The molecule has 0 bridgehead atoms. The molecular weight excluding hydrogens is 290 g/mol. The fourth-order valence-electron chi connectivity index (χ4n) is 2.55. The van der Waals surface area contributed by atoms with Gasteiger partial charge in [0.05, 0.1) is 0 Å². The molecule has 1 saturated heterocycles. The topological polar surface area (TPSA) is 59.2 Å². The van der Waals surface area contributed by atoms with E-state index in [4.69, 9.17) is 16.1 Å². The van der Waals surface area contributed by atoms with E-state index in [0.29, 0.717) is 42.5 Å². The molecule has 21 heavy (non-hydrogen) atoms. The van der Waals surface area contributed by atoms with Gasteiger partial charge in [0.25, 0.3) is 0 Å². The molecule has 1 aromatic carbocycles. The molecule has 0 aliphatic carbocycles. The lowest BCUT2D eigenvalue weighted by molar-refractivity contribution is -0.129. The van der Waals surface area contributed by atoms with Crippen molar-refractivity contribution in [2.24, 2.45) is 0 Å². The molecule has 0 saturated carbocycles. The zero-order valence-corrected chi connectivity index (χ0v) is 12.5. The first-order valence-corrected chi connectivity index (χ1v) is 7.42. The van der Waals surface area contributed by atoms with Gasteiger partial charge in [-0.3, -0.25) is 4.79 Å².